The summed E-state index contributed by atoms with van der Waals surface area (Å²) in [7, 11) is 2.10. The first-order valence-electron chi connectivity index (χ1n) is 5.00. The summed E-state index contributed by atoms with van der Waals surface area (Å²) in [6.07, 6.45) is 4.01. The van der Waals surface area contributed by atoms with Crippen molar-refractivity contribution >= 4 is 0 Å². The first kappa shape index (κ1) is 8.82. The molecule has 1 fully saturated rings. The molecule has 0 spiro atoms. The lowest BCUT2D eigenvalue weighted by atomic mass is 9.83. The van der Waals surface area contributed by atoms with E-state index >= 15 is 0 Å². The number of rotatable bonds is 2. The Morgan fingerprint density at radius 1 is 1.54 bits per heavy atom. The molecule has 13 heavy (non-hydrogen) atoms. The number of hydrogen-bond acceptors (Lipinski definition) is 1. The third-order valence-corrected chi connectivity index (χ3v) is 3.37. The zero-order valence-electron chi connectivity index (χ0n) is 8.38. The molecule has 1 saturated carbocycles. The van der Waals surface area contributed by atoms with Crippen LogP contribution in [0.4, 0.5) is 0 Å². The predicted molar refractivity (Wildman–Crippen MR) is 52.7 cm³/mol. The smallest absolute Gasteiger partial charge is 0.0699 e. The van der Waals surface area contributed by atoms with Gasteiger partial charge < -0.3 is 9.67 Å². The summed E-state index contributed by atoms with van der Waals surface area (Å²) in [4.78, 5) is 0. The van der Waals surface area contributed by atoms with E-state index in [0.29, 0.717) is 0 Å². The zero-order chi connectivity index (χ0) is 9.42. The molecule has 0 aromatic carbocycles. The van der Waals surface area contributed by atoms with Gasteiger partial charge in [0.15, 0.2) is 0 Å². The second-order valence-electron chi connectivity index (χ2n) is 4.02. The van der Waals surface area contributed by atoms with Gasteiger partial charge in [0.2, 0.25) is 0 Å². The Balaban J connectivity index is 2.34. The van der Waals surface area contributed by atoms with Crippen LogP contribution >= 0.6 is 0 Å². The van der Waals surface area contributed by atoms with Crippen molar-refractivity contribution in [3.8, 4) is 0 Å². The standard InChI is InChI=1S/C11H17NO/c1-8-10(7-13)6-11(12(8)2)9-4-3-5-9/h6,9,13H,3-5,7H2,1-2H3. The van der Waals surface area contributed by atoms with Gasteiger partial charge in [-0.2, -0.15) is 0 Å². The maximum Gasteiger partial charge on any atom is 0.0699 e. The van der Waals surface area contributed by atoms with Crippen LogP contribution in [-0.2, 0) is 13.7 Å². The van der Waals surface area contributed by atoms with E-state index in [0.717, 1.165) is 11.5 Å². The van der Waals surface area contributed by atoms with Gasteiger partial charge in [0.1, 0.15) is 0 Å². The molecule has 0 unspecified atom stereocenters. The number of aromatic nitrogens is 1. The Morgan fingerprint density at radius 2 is 2.23 bits per heavy atom. The second-order valence-corrected chi connectivity index (χ2v) is 4.02. The molecule has 0 amide bonds. The summed E-state index contributed by atoms with van der Waals surface area (Å²) < 4.78 is 2.23. The fourth-order valence-electron chi connectivity index (χ4n) is 2.04. The van der Waals surface area contributed by atoms with Gasteiger partial charge in [-0.3, -0.25) is 0 Å². The summed E-state index contributed by atoms with van der Waals surface area (Å²) in [6, 6.07) is 2.17. The molecule has 2 nitrogen and oxygen atoms in total. The summed E-state index contributed by atoms with van der Waals surface area (Å²) in [5.74, 6) is 0.754. The molecule has 1 heterocycles. The van der Waals surface area contributed by atoms with Crippen LogP contribution in [0.5, 0.6) is 0 Å². The summed E-state index contributed by atoms with van der Waals surface area (Å²) in [6.45, 7) is 2.25. The number of hydrogen-bond donors (Lipinski definition) is 1. The van der Waals surface area contributed by atoms with Gasteiger partial charge in [0.05, 0.1) is 6.61 Å². The van der Waals surface area contributed by atoms with Gasteiger partial charge in [0, 0.05) is 18.4 Å². The van der Waals surface area contributed by atoms with E-state index in [4.69, 9.17) is 5.11 Å². The summed E-state index contributed by atoms with van der Waals surface area (Å²) in [5, 5.41) is 9.12. The molecule has 2 heteroatoms. The topological polar surface area (TPSA) is 25.2 Å². The van der Waals surface area contributed by atoms with Crippen LogP contribution in [0, 0.1) is 6.92 Å². The van der Waals surface area contributed by atoms with E-state index in [1.165, 1.54) is 30.7 Å². The fraction of sp³-hybridized carbons (Fsp3) is 0.636. The molecule has 0 atom stereocenters. The molecular weight excluding hydrogens is 162 g/mol. The van der Waals surface area contributed by atoms with Crippen LogP contribution in [0.25, 0.3) is 0 Å². The Bertz CT molecular complexity index is 310. The Kier molecular flexibility index (Phi) is 2.16. The molecule has 0 saturated heterocycles. The lowest BCUT2D eigenvalue weighted by molar-refractivity contribution is 0.281. The van der Waals surface area contributed by atoms with E-state index in [1.807, 2.05) is 0 Å². The van der Waals surface area contributed by atoms with Crippen molar-refractivity contribution in [2.75, 3.05) is 0 Å². The third kappa shape index (κ3) is 1.29. The molecule has 1 aromatic rings. The summed E-state index contributed by atoms with van der Waals surface area (Å²) >= 11 is 0. The van der Waals surface area contributed by atoms with E-state index in [9.17, 15) is 0 Å². The van der Waals surface area contributed by atoms with Gasteiger partial charge in [-0.05, 0) is 37.3 Å². The molecule has 1 N–H and O–H groups in total. The van der Waals surface area contributed by atoms with Crippen molar-refractivity contribution in [3.63, 3.8) is 0 Å². The lowest BCUT2D eigenvalue weighted by Gasteiger charge is -2.26. The minimum Gasteiger partial charge on any atom is -0.392 e. The van der Waals surface area contributed by atoms with E-state index in [-0.39, 0.29) is 6.61 Å². The number of nitrogens with zero attached hydrogens (tertiary/aromatic N) is 1. The van der Waals surface area contributed by atoms with Crippen molar-refractivity contribution in [2.24, 2.45) is 7.05 Å². The molecule has 0 bridgehead atoms. The van der Waals surface area contributed by atoms with Gasteiger partial charge in [-0.25, -0.2) is 0 Å². The molecule has 0 aliphatic heterocycles. The maximum absolute atomic E-state index is 9.12. The molecule has 1 aliphatic carbocycles. The van der Waals surface area contributed by atoms with Gasteiger partial charge in [-0.15, -0.1) is 0 Å². The Morgan fingerprint density at radius 3 is 2.62 bits per heavy atom. The second kappa shape index (κ2) is 3.18. The van der Waals surface area contributed by atoms with Crippen LogP contribution in [0.2, 0.25) is 0 Å². The summed E-state index contributed by atoms with van der Waals surface area (Å²) in [5.41, 5.74) is 3.71. The van der Waals surface area contributed by atoms with Crippen LogP contribution in [0.3, 0.4) is 0 Å². The minimum absolute atomic E-state index is 0.173. The van der Waals surface area contributed by atoms with Crippen molar-refractivity contribution in [1.29, 1.82) is 0 Å². The monoisotopic (exact) mass is 179 g/mol. The first-order chi connectivity index (χ1) is 6.24. The molecule has 72 valence electrons. The van der Waals surface area contributed by atoms with Crippen LogP contribution in [0.15, 0.2) is 6.07 Å². The average Bonchev–Trinajstić information content (AvgIpc) is 2.30. The van der Waals surface area contributed by atoms with Crippen LogP contribution in [0.1, 0.15) is 42.1 Å². The molecule has 1 aromatic heterocycles. The van der Waals surface area contributed by atoms with E-state index < -0.39 is 0 Å². The first-order valence-corrected chi connectivity index (χ1v) is 5.00. The molecule has 1 aliphatic rings. The highest BCUT2D eigenvalue weighted by molar-refractivity contribution is 5.29. The van der Waals surface area contributed by atoms with Gasteiger partial charge in [0.25, 0.3) is 0 Å². The Hall–Kier alpha value is -0.760. The van der Waals surface area contributed by atoms with Crippen molar-refractivity contribution in [1.82, 2.24) is 4.57 Å². The highest BCUT2D eigenvalue weighted by atomic mass is 16.3. The van der Waals surface area contributed by atoms with Gasteiger partial charge in [-0.1, -0.05) is 6.42 Å². The van der Waals surface area contributed by atoms with Crippen LogP contribution < -0.4 is 0 Å². The number of aliphatic hydroxyl groups excluding tert-OH is 1. The largest absolute Gasteiger partial charge is 0.392 e. The van der Waals surface area contributed by atoms with Crippen molar-refractivity contribution in [3.05, 3.63) is 23.0 Å². The van der Waals surface area contributed by atoms with Crippen molar-refractivity contribution in [2.45, 2.75) is 38.7 Å². The zero-order valence-corrected chi connectivity index (χ0v) is 8.38. The van der Waals surface area contributed by atoms with E-state index in [2.05, 4.69) is 24.6 Å². The molecule has 0 radical (unpaired) electrons. The normalized spacial score (nSPS) is 17.5. The maximum atomic E-state index is 9.12. The van der Waals surface area contributed by atoms with Crippen LogP contribution in [-0.4, -0.2) is 9.67 Å². The Labute approximate surface area is 79.2 Å². The van der Waals surface area contributed by atoms with Gasteiger partial charge >= 0.3 is 0 Å². The highest BCUT2D eigenvalue weighted by Crippen LogP contribution is 2.37. The third-order valence-electron chi connectivity index (χ3n) is 3.37. The number of aliphatic hydroxyl groups is 1. The minimum atomic E-state index is 0.173. The average molecular weight is 179 g/mol. The van der Waals surface area contributed by atoms with E-state index in [1.54, 1.807) is 0 Å². The lowest BCUT2D eigenvalue weighted by Crippen LogP contribution is -2.12. The predicted octanol–water partition coefficient (Wildman–Crippen LogP) is 2.09. The fourth-order valence-corrected chi connectivity index (χ4v) is 2.04. The SMILES string of the molecule is Cc1c(CO)cc(C2CCC2)n1C. The molecular formula is C11H17NO. The quantitative estimate of drug-likeness (QED) is 0.739. The molecule has 2 rings (SSSR count). The van der Waals surface area contributed by atoms with Crippen molar-refractivity contribution < 1.29 is 5.11 Å². The highest BCUT2D eigenvalue weighted by Gasteiger charge is 2.23.